The Labute approximate surface area is 150 Å². The van der Waals surface area contributed by atoms with Crippen molar-refractivity contribution in [2.45, 2.75) is 44.0 Å². The van der Waals surface area contributed by atoms with E-state index >= 15 is 0 Å². The Morgan fingerprint density at radius 2 is 1.68 bits per heavy atom. The van der Waals surface area contributed by atoms with Crippen LogP contribution in [0.4, 0.5) is 0 Å². The van der Waals surface area contributed by atoms with Gasteiger partial charge in [-0.05, 0) is 54.5 Å². The number of ether oxygens (including phenoxy) is 1. The fourth-order valence-electron chi connectivity index (χ4n) is 3.39. The van der Waals surface area contributed by atoms with Crippen LogP contribution in [-0.4, -0.2) is 26.4 Å². The van der Waals surface area contributed by atoms with Gasteiger partial charge in [-0.1, -0.05) is 37.3 Å². The molecule has 134 valence electrons. The van der Waals surface area contributed by atoms with Crippen molar-refractivity contribution in [3.8, 4) is 5.75 Å². The Bertz CT molecular complexity index is 832. The first-order valence-electron chi connectivity index (χ1n) is 8.80. The lowest BCUT2D eigenvalue weighted by Crippen LogP contribution is -2.31. The highest BCUT2D eigenvalue weighted by molar-refractivity contribution is 7.89. The zero-order chi connectivity index (χ0) is 17.9. The highest BCUT2D eigenvalue weighted by Gasteiger charge is 2.28. The fourth-order valence-corrected chi connectivity index (χ4v) is 5.02. The summed E-state index contributed by atoms with van der Waals surface area (Å²) in [5.74, 6) is 0.451. The van der Waals surface area contributed by atoms with Crippen molar-refractivity contribution < 1.29 is 13.2 Å². The Kier molecular flexibility index (Phi) is 5.45. The lowest BCUT2D eigenvalue weighted by molar-refractivity contribution is 0.390. The van der Waals surface area contributed by atoms with Crippen LogP contribution in [0.2, 0.25) is 0 Å². The van der Waals surface area contributed by atoms with E-state index in [9.17, 15) is 8.42 Å². The molecule has 1 aliphatic carbocycles. The number of hydrogen-bond acceptors (Lipinski definition) is 3. The van der Waals surface area contributed by atoms with Crippen LogP contribution in [0.1, 0.15) is 36.5 Å². The van der Waals surface area contributed by atoms with Gasteiger partial charge in [-0.25, -0.2) is 8.42 Å². The van der Waals surface area contributed by atoms with Gasteiger partial charge in [0, 0.05) is 13.1 Å². The standard InChI is InChI=1S/C20H25NO3S/c1-3-21(15-16-9-5-4-6-10-16)25(22,23)20-14-18-12-8-7-11-17(18)13-19(20)24-2/h4-6,9-10,13-14H,3,7-8,11-12,15H2,1-2H3. The molecule has 0 spiro atoms. The molecule has 0 saturated carbocycles. The van der Waals surface area contributed by atoms with Crippen LogP contribution in [0.5, 0.6) is 5.75 Å². The van der Waals surface area contributed by atoms with Gasteiger partial charge in [-0.2, -0.15) is 4.31 Å². The highest BCUT2D eigenvalue weighted by Crippen LogP contribution is 2.34. The van der Waals surface area contributed by atoms with Crippen molar-refractivity contribution in [3.05, 3.63) is 59.2 Å². The van der Waals surface area contributed by atoms with Crippen molar-refractivity contribution in [1.29, 1.82) is 0 Å². The Balaban J connectivity index is 2.00. The van der Waals surface area contributed by atoms with Crippen molar-refractivity contribution in [2.75, 3.05) is 13.7 Å². The summed E-state index contributed by atoms with van der Waals surface area (Å²) in [7, 11) is -2.08. The minimum atomic E-state index is -3.62. The number of hydrogen-bond donors (Lipinski definition) is 0. The third kappa shape index (κ3) is 3.72. The molecule has 0 aliphatic heterocycles. The van der Waals surface area contributed by atoms with E-state index in [2.05, 4.69) is 0 Å². The summed E-state index contributed by atoms with van der Waals surface area (Å²) in [5.41, 5.74) is 3.33. The van der Waals surface area contributed by atoms with Crippen molar-refractivity contribution in [3.63, 3.8) is 0 Å². The Morgan fingerprint density at radius 3 is 2.28 bits per heavy atom. The quantitative estimate of drug-likeness (QED) is 0.788. The molecule has 25 heavy (non-hydrogen) atoms. The molecule has 0 aromatic heterocycles. The average Bonchev–Trinajstić information content (AvgIpc) is 2.65. The zero-order valence-electron chi connectivity index (χ0n) is 14.9. The molecule has 0 heterocycles. The molecular formula is C20H25NO3S. The Morgan fingerprint density at radius 1 is 1.04 bits per heavy atom. The minimum absolute atomic E-state index is 0.286. The average molecular weight is 359 g/mol. The van der Waals surface area contributed by atoms with Crippen LogP contribution in [-0.2, 0) is 29.4 Å². The smallest absolute Gasteiger partial charge is 0.247 e. The predicted octanol–water partition coefficient (Wildman–Crippen LogP) is 3.78. The van der Waals surface area contributed by atoms with E-state index in [4.69, 9.17) is 4.74 Å². The first-order chi connectivity index (χ1) is 12.1. The first-order valence-corrected chi connectivity index (χ1v) is 10.2. The van der Waals surface area contributed by atoms with Crippen LogP contribution in [0, 0.1) is 0 Å². The predicted molar refractivity (Wildman–Crippen MR) is 99.3 cm³/mol. The van der Waals surface area contributed by atoms with Crippen molar-refractivity contribution in [1.82, 2.24) is 4.31 Å². The zero-order valence-corrected chi connectivity index (χ0v) is 15.7. The van der Waals surface area contributed by atoms with Crippen LogP contribution in [0.25, 0.3) is 0 Å². The van der Waals surface area contributed by atoms with Gasteiger partial charge in [-0.15, -0.1) is 0 Å². The molecule has 0 fully saturated rings. The van der Waals surface area contributed by atoms with Gasteiger partial charge in [0.15, 0.2) is 0 Å². The summed E-state index contributed by atoms with van der Waals surface area (Å²) >= 11 is 0. The maximum Gasteiger partial charge on any atom is 0.247 e. The number of rotatable bonds is 6. The van der Waals surface area contributed by atoms with Gasteiger partial charge >= 0.3 is 0 Å². The number of nitrogens with zero attached hydrogens (tertiary/aromatic N) is 1. The van der Waals surface area contributed by atoms with Gasteiger partial charge in [0.1, 0.15) is 10.6 Å². The molecule has 5 heteroatoms. The molecule has 0 N–H and O–H groups in total. The minimum Gasteiger partial charge on any atom is -0.495 e. The fraction of sp³-hybridized carbons (Fsp3) is 0.400. The summed E-state index contributed by atoms with van der Waals surface area (Å²) in [4.78, 5) is 0.286. The summed E-state index contributed by atoms with van der Waals surface area (Å²) < 4.78 is 33.5. The van der Waals surface area contributed by atoms with Crippen LogP contribution < -0.4 is 4.74 Å². The SMILES string of the molecule is CCN(Cc1ccccc1)S(=O)(=O)c1cc2c(cc1OC)CCCC2. The molecular weight excluding hydrogens is 334 g/mol. The van der Waals surface area contributed by atoms with Crippen LogP contribution in [0.15, 0.2) is 47.4 Å². The van der Waals surface area contributed by atoms with E-state index in [1.54, 1.807) is 0 Å². The molecule has 0 saturated heterocycles. The van der Waals surface area contributed by atoms with Crippen molar-refractivity contribution in [2.24, 2.45) is 0 Å². The third-order valence-electron chi connectivity index (χ3n) is 4.80. The molecule has 0 bridgehead atoms. The molecule has 1 aliphatic rings. The molecule has 0 atom stereocenters. The first kappa shape index (κ1) is 18.0. The van der Waals surface area contributed by atoms with E-state index in [0.717, 1.165) is 36.8 Å². The lowest BCUT2D eigenvalue weighted by atomic mass is 9.92. The summed E-state index contributed by atoms with van der Waals surface area (Å²) in [6.07, 6.45) is 4.19. The van der Waals surface area contributed by atoms with Gasteiger partial charge in [0.2, 0.25) is 10.0 Å². The van der Waals surface area contributed by atoms with E-state index in [-0.39, 0.29) is 4.90 Å². The lowest BCUT2D eigenvalue weighted by Gasteiger charge is -2.24. The molecule has 3 rings (SSSR count). The van der Waals surface area contributed by atoms with Crippen LogP contribution in [0.3, 0.4) is 0 Å². The third-order valence-corrected chi connectivity index (χ3v) is 6.74. The van der Waals surface area contributed by atoms with Crippen molar-refractivity contribution >= 4 is 10.0 Å². The number of fused-ring (bicyclic) bond motifs is 1. The second-order valence-corrected chi connectivity index (χ2v) is 8.30. The Hall–Kier alpha value is -1.85. The topological polar surface area (TPSA) is 46.6 Å². The van der Waals surface area contributed by atoms with E-state index in [0.29, 0.717) is 18.8 Å². The number of benzene rings is 2. The van der Waals surface area contributed by atoms with Crippen LogP contribution >= 0.6 is 0 Å². The van der Waals surface area contributed by atoms with Gasteiger partial charge < -0.3 is 4.74 Å². The monoisotopic (exact) mass is 359 g/mol. The van der Waals surface area contributed by atoms with Gasteiger partial charge in [0.25, 0.3) is 0 Å². The summed E-state index contributed by atoms with van der Waals surface area (Å²) in [5, 5.41) is 0. The molecule has 2 aromatic rings. The molecule has 0 radical (unpaired) electrons. The number of sulfonamides is 1. The van der Waals surface area contributed by atoms with E-state index < -0.39 is 10.0 Å². The molecule has 0 unspecified atom stereocenters. The number of aryl methyl sites for hydroxylation is 2. The van der Waals surface area contributed by atoms with Gasteiger partial charge in [-0.3, -0.25) is 0 Å². The molecule has 0 amide bonds. The maximum absolute atomic E-state index is 13.3. The molecule has 2 aromatic carbocycles. The maximum atomic E-state index is 13.3. The number of methoxy groups -OCH3 is 1. The highest BCUT2D eigenvalue weighted by atomic mass is 32.2. The van der Waals surface area contributed by atoms with E-state index in [1.807, 2.05) is 49.4 Å². The normalized spacial score (nSPS) is 14.4. The summed E-state index contributed by atoms with van der Waals surface area (Å²) in [6.45, 7) is 2.64. The van der Waals surface area contributed by atoms with E-state index in [1.165, 1.54) is 17.0 Å². The van der Waals surface area contributed by atoms with Gasteiger partial charge in [0.05, 0.1) is 7.11 Å². The molecule has 4 nitrogen and oxygen atoms in total. The second-order valence-electron chi connectivity index (χ2n) is 6.40. The largest absolute Gasteiger partial charge is 0.495 e. The summed E-state index contributed by atoms with van der Waals surface area (Å²) in [6, 6.07) is 13.4. The second kappa shape index (κ2) is 7.58.